The molecular formula is C6H9NO3. The number of aliphatic carboxylic acids is 1. The van der Waals surface area contributed by atoms with Crippen molar-refractivity contribution in [3.8, 4) is 0 Å². The second kappa shape index (κ2) is 4.55. The van der Waals surface area contributed by atoms with Crippen molar-refractivity contribution in [3.63, 3.8) is 0 Å². The minimum atomic E-state index is -1.08. The lowest BCUT2D eigenvalue weighted by atomic mass is 10.4. The van der Waals surface area contributed by atoms with Gasteiger partial charge >= 0.3 is 5.97 Å². The summed E-state index contributed by atoms with van der Waals surface area (Å²) in [6, 6.07) is 0. The minimum Gasteiger partial charge on any atom is -0.477 e. The molecule has 0 aromatic carbocycles. The molecule has 0 aromatic heterocycles. The summed E-state index contributed by atoms with van der Waals surface area (Å²) >= 11 is 0. The van der Waals surface area contributed by atoms with Gasteiger partial charge < -0.3 is 9.94 Å². The first kappa shape index (κ1) is 8.68. The van der Waals surface area contributed by atoms with Gasteiger partial charge in [0.25, 0.3) is 0 Å². The number of carbonyl (C=O) groups is 1. The quantitative estimate of drug-likeness (QED) is 0.272. The fourth-order valence-corrected chi connectivity index (χ4v) is 0.226. The average Bonchev–Trinajstić information content (AvgIpc) is 1.88. The van der Waals surface area contributed by atoms with Gasteiger partial charge in [-0.1, -0.05) is 17.8 Å². The van der Waals surface area contributed by atoms with E-state index >= 15 is 0 Å². The van der Waals surface area contributed by atoms with Crippen LogP contribution in [0.3, 0.4) is 0 Å². The molecule has 1 N–H and O–H groups in total. The summed E-state index contributed by atoms with van der Waals surface area (Å²) in [4.78, 5) is 14.6. The Morgan fingerprint density at radius 3 is 2.90 bits per heavy atom. The summed E-state index contributed by atoms with van der Waals surface area (Å²) in [6.07, 6.45) is 1.48. The third-order valence-electron chi connectivity index (χ3n) is 0.703. The van der Waals surface area contributed by atoms with Gasteiger partial charge in [0.2, 0.25) is 0 Å². The van der Waals surface area contributed by atoms with Crippen LogP contribution in [0, 0.1) is 0 Å². The molecule has 0 aliphatic heterocycles. The fourth-order valence-electron chi connectivity index (χ4n) is 0.226. The molecule has 0 spiro atoms. The fraction of sp³-hybridized carbons (Fsp3) is 0.333. The van der Waals surface area contributed by atoms with Crippen LogP contribution < -0.4 is 0 Å². The van der Waals surface area contributed by atoms with Crippen LogP contribution in [-0.2, 0) is 9.63 Å². The van der Waals surface area contributed by atoms with Crippen molar-refractivity contribution in [1.29, 1.82) is 0 Å². The lowest BCUT2D eigenvalue weighted by Crippen LogP contribution is -2.08. The van der Waals surface area contributed by atoms with Gasteiger partial charge in [0.1, 0.15) is 6.61 Å². The minimum absolute atomic E-state index is 0.0677. The summed E-state index contributed by atoms with van der Waals surface area (Å²) in [5.41, 5.74) is -0.0677. The normalized spacial score (nSPS) is 10.7. The zero-order valence-electron chi connectivity index (χ0n) is 5.70. The van der Waals surface area contributed by atoms with Gasteiger partial charge in [0.15, 0.2) is 5.71 Å². The molecular weight excluding hydrogens is 134 g/mol. The molecule has 0 heterocycles. The number of hydrogen-bond acceptors (Lipinski definition) is 3. The number of rotatable bonds is 4. The molecule has 0 saturated heterocycles. The van der Waals surface area contributed by atoms with Gasteiger partial charge in [-0.05, 0) is 6.92 Å². The van der Waals surface area contributed by atoms with Gasteiger partial charge in [-0.3, -0.25) is 0 Å². The second-order valence-electron chi connectivity index (χ2n) is 1.57. The van der Waals surface area contributed by atoms with Crippen molar-refractivity contribution in [2.24, 2.45) is 5.16 Å². The Hall–Kier alpha value is -1.32. The van der Waals surface area contributed by atoms with E-state index in [9.17, 15) is 4.79 Å². The molecule has 0 aliphatic carbocycles. The van der Waals surface area contributed by atoms with E-state index in [1.165, 1.54) is 13.0 Å². The Kier molecular flexibility index (Phi) is 3.95. The van der Waals surface area contributed by atoms with Crippen molar-refractivity contribution in [2.75, 3.05) is 6.61 Å². The second-order valence-corrected chi connectivity index (χ2v) is 1.57. The highest BCUT2D eigenvalue weighted by Gasteiger charge is 2.00. The maximum Gasteiger partial charge on any atom is 0.353 e. The highest BCUT2D eigenvalue weighted by molar-refractivity contribution is 6.34. The summed E-state index contributed by atoms with van der Waals surface area (Å²) in [5.74, 6) is -1.08. The third-order valence-corrected chi connectivity index (χ3v) is 0.703. The molecule has 0 fully saturated rings. The van der Waals surface area contributed by atoms with E-state index in [1.54, 1.807) is 0 Å². The molecule has 0 rings (SSSR count). The third kappa shape index (κ3) is 3.65. The maximum absolute atomic E-state index is 10.1. The lowest BCUT2D eigenvalue weighted by molar-refractivity contribution is -0.129. The van der Waals surface area contributed by atoms with E-state index in [0.29, 0.717) is 0 Å². The first-order chi connectivity index (χ1) is 4.68. The number of oxime groups is 1. The van der Waals surface area contributed by atoms with Crippen LogP contribution in [0.1, 0.15) is 6.92 Å². The molecule has 0 radical (unpaired) electrons. The SMILES string of the molecule is C=CCON=C(C)C(=O)O. The van der Waals surface area contributed by atoms with Crippen molar-refractivity contribution >= 4 is 11.7 Å². The highest BCUT2D eigenvalue weighted by atomic mass is 16.6. The number of carboxylic acids is 1. The lowest BCUT2D eigenvalue weighted by Gasteiger charge is -1.92. The van der Waals surface area contributed by atoms with Crippen LogP contribution in [0.5, 0.6) is 0 Å². The van der Waals surface area contributed by atoms with Gasteiger partial charge in [0.05, 0.1) is 0 Å². The predicted octanol–water partition coefficient (Wildman–Crippen LogP) is 0.649. The zero-order valence-corrected chi connectivity index (χ0v) is 5.70. The molecule has 0 atom stereocenters. The van der Waals surface area contributed by atoms with Gasteiger partial charge in [0, 0.05) is 0 Å². The maximum atomic E-state index is 10.1. The monoisotopic (exact) mass is 143 g/mol. The molecule has 4 nitrogen and oxygen atoms in total. The number of nitrogens with zero attached hydrogens (tertiary/aromatic N) is 1. The molecule has 56 valence electrons. The molecule has 0 bridgehead atoms. The Balaban J connectivity index is 3.68. The van der Waals surface area contributed by atoms with E-state index < -0.39 is 5.97 Å². The molecule has 0 aliphatic rings. The number of hydrogen-bond donors (Lipinski definition) is 1. The van der Waals surface area contributed by atoms with Crippen LogP contribution in [0.2, 0.25) is 0 Å². The van der Waals surface area contributed by atoms with E-state index in [-0.39, 0.29) is 12.3 Å². The Morgan fingerprint density at radius 1 is 1.90 bits per heavy atom. The highest BCUT2D eigenvalue weighted by Crippen LogP contribution is 1.81. The molecule has 0 amide bonds. The van der Waals surface area contributed by atoms with Crippen LogP contribution in [0.15, 0.2) is 17.8 Å². The largest absolute Gasteiger partial charge is 0.477 e. The van der Waals surface area contributed by atoms with E-state index in [0.717, 1.165) is 0 Å². The Labute approximate surface area is 58.8 Å². The van der Waals surface area contributed by atoms with Crippen LogP contribution in [-0.4, -0.2) is 23.4 Å². The van der Waals surface area contributed by atoms with Gasteiger partial charge in [-0.2, -0.15) is 0 Å². The summed E-state index contributed by atoms with van der Waals surface area (Å²) in [6.45, 7) is 4.94. The molecule has 0 unspecified atom stereocenters. The summed E-state index contributed by atoms with van der Waals surface area (Å²) in [7, 11) is 0. The van der Waals surface area contributed by atoms with Gasteiger partial charge in [-0.15, -0.1) is 0 Å². The van der Waals surface area contributed by atoms with Crippen LogP contribution in [0.25, 0.3) is 0 Å². The first-order valence-corrected chi connectivity index (χ1v) is 2.69. The van der Waals surface area contributed by atoms with Crippen molar-refractivity contribution in [3.05, 3.63) is 12.7 Å². The first-order valence-electron chi connectivity index (χ1n) is 2.69. The van der Waals surface area contributed by atoms with E-state index in [1.807, 2.05) is 0 Å². The van der Waals surface area contributed by atoms with Crippen molar-refractivity contribution in [2.45, 2.75) is 6.92 Å². The number of carboxylic acid groups (broad SMARTS) is 1. The van der Waals surface area contributed by atoms with Crippen LogP contribution >= 0.6 is 0 Å². The van der Waals surface area contributed by atoms with Crippen molar-refractivity contribution < 1.29 is 14.7 Å². The van der Waals surface area contributed by atoms with E-state index in [4.69, 9.17) is 5.11 Å². The topological polar surface area (TPSA) is 58.9 Å². The summed E-state index contributed by atoms with van der Waals surface area (Å²) in [5, 5.41) is 11.5. The summed E-state index contributed by atoms with van der Waals surface area (Å²) < 4.78 is 0. The average molecular weight is 143 g/mol. The zero-order chi connectivity index (χ0) is 7.98. The standard InChI is InChI=1S/C6H9NO3/c1-3-4-10-7-5(2)6(8)9/h3H,1,4H2,2H3,(H,8,9). The smallest absolute Gasteiger partial charge is 0.353 e. The Morgan fingerprint density at radius 2 is 2.50 bits per heavy atom. The van der Waals surface area contributed by atoms with Crippen LogP contribution in [0.4, 0.5) is 0 Å². The molecule has 0 saturated carbocycles. The van der Waals surface area contributed by atoms with E-state index in [2.05, 4.69) is 16.6 Å². The molecule has 10 heavy (non-hydrogen) atoms. The van der Waals surface area contributed by atoms with Gasteiger partial charge in [-0.25, -0.2) is 4.79 Å². The van der Waals surface area contributed by atoms with Crippen molar-refractivity contribution in [1.82, 2.24) is 0 Å². The predicted molar refractivity (Wildman–Crippen MR) is 36.9 cm³/mol. The molecule has 0 aromatic rings. The molecule has 4 heteroatoms. The Bertz CT molecular complexity index is 162.